The summed E-state index contributed by atoms with van der Waals surface area (Å²) in [6, 6.07) is 29.8. The highest BCUT2D eigenvalue weighted by Crippen LogP contribution is 2.27. The number of hydrogen-bond acceptors (Lipinski definition) is 2. The molecule has 3 aromatic carbocycles. The van der Waals surface area contributed by atoms with Gasteiger partial charge in [0.25, 0.3) is 0 Å². The van der Waals surface area contributed by atoms with Crippen molar-refractivity contribution in [1.29, 1.82) is 0 Å². The molecule has 4 nitrogen and oxygen atoms in total. The van der Waals surface area contributed by atoms with E-state index in [0.717, 1.165) is 33.9 Å². The topological polar surface area (TPSA) is 35.6 Å². The van der Waals surface area contributed by atoms with Crippen molar-refractivity contribution in [2.75, 3.05) is 0 Å². The van der Waals surface area contributed by atoms with Crippen LogP contribution in [0.5, 0.6) is 0 Å². The van der Waals surface area contributed by atoms with Crippen LogP contribution in [0.3, 0.4) is 0 Å². The Hall–Kier alpha value is -3.92. The molecule has 4 heteroatoms. The maximum absolute atomic E-state index is 4.85. The molecule has 36 heavy (non-hydrogen) atoms. The standard InChI is InChI=1S/C32H34N4/c1-31(2,3)25-14-10-23(11-15-25)29-18-20-35(33-29)27-8-7-9-28(22-27)36-21-19-30(34-36)24-12-16-26(17-13-24)32(4,5)6/h7-22H,1-6H3. The predicted octanol–water partition coefficient (Wildman–Crippen LogP) is 7.99. The zero-order valence-corrected chi connectivity index (χ0v) is 22.0. The second-order valence-corrected chi connectivity index (χ2v) is 11.5. The van der Waals surface area contributed by atoms with Crippen LogP contribution < -0.4 is 0 Å². The van der Waals surface area contributed by atoms with Gasteiger partial charge in [-0.05, 0) is 52.3 Å². The molecule has 0 aliphatic carbocycles. The normalized spacial score (nSPS) is 12.2. The van der Waals surface area contributed by atoms with Crippen molar-refractivity contribution in [1.82, 2.24) is 19.6 Å². The molecule has 182 valence electrons. The van der Waals surface area contributed by atoms with Crippen LogP contribution in [0.1, 0.15) is 52.7 Å². The molecule has 5 rings (SSSR count). The zero-order valence-electron chi connectivity index (χ0n) is 22.0. The van der Waals surface area contributed by atoms with E-state index in [9.17, 15) is 0 Å². The van der Waals surface area contributed by atoms with Gasteiger partial charge in [-0.2, -0.15) is 10.2 Å². The maximum atomic E-state index is 4.85. The van der Waals surface area contributed by atoms with E-state index < -0.39 is 0 Å². The summed E-state index contributed by atoms with van der Waals surface area (Å²) in [5.41, 5.74) is 9.07. The van der Waals surface area contributed by atoms with E-state index in [-0.39, 0.29) is 10.8 Å². The molecule has 0 atom stereocenters. The van der Waals surface area contributed by atoms with E-state index in [0.29, 0.717) is 0 Å². The van der Waals surface area contributed by atoms with E-state index in [1.165, 1.54) is 11.1 Å². The Balaban J connectivity index is 1.38. The van der Waals surface area contributed by atoms with E-state index >= 15 is 0 Å². The van der Waals surface area contributed by atoms with Gasteiger partial charge in [-0.1, -0.05) is 96.1 Å². The number of benzene rings is 3. The smallest absolute Gasteiger partial charge is 0.0927 e. The Labute approximate surface area is 214 Å². The average molecular weight is 475 g/mol. The molecule has 0 unspecified atom stereocenters. The number of nitrogens with zero attached hydrogens (tertiary/aromatic N) is 4. The third-order valence-corrected chi connectivity index (χ3v) is 6.63. The quantitative estimate of drug-likeness (QED) is 0.265. The van der Waals surface area contributed by atoms with E-state index in [1.54, 1.807) is 0 Å². The lowest BCUT2D eigenvalue weighted by molar-refractivity contribution is 0.590. The summed E-state index contributed by atoms with van der Waals surface area (Å²) in [5, 5.41) is 9.69. The molecule has 0 aliphatic rings. The van der Waals surface area contributed by atoms with Crippen LogP contribution in [0.15, 0.2) is 97.3 Å². The first-order valence-corrected chi connectivity index (χ1v) is 12.5. The molecule has 0 fully saturated rings. The van der Waals surface area contributed by atoms with Gasteiger partial charge in [-0.15, -0.1) is 0 Å². The Morgan fingerprint density at radius 3 is 1.25 bits per heavy atom. The first-order chi connectivity index (χ1) is 17.1. The van der Waals surface area contributed by atoms with Crippen LogP contribution in [0, 0.1) is 0 Å². The fourth-order valence-corrected chi connectivity index (χ4v) is 4.30. The molecule has 5 aromatic rings. The average Bonchev–Trinajstić information content (AvgIpc) is 3.54. The summed E-state index contributed by atoms with van der Waals surface area (Å²) in [4.78, 5) is 0. The minimum Gasteiger partial charge on any atom is -0.240 e. The lowest BCUT2D eigenvalue weighted by atomic mass is 9.86. The summed E-state index contributed by atoms with van der Waals surface area (Å²) in [6.07, 6.45) is 4.02. The second-order valence-electron chi connectivity index (χ2n) is 11.5. The first kappa shape index (κ1) is 23.8. The molecule has 0 bridgehead atoms. The van der Waals surface area contributed by atoms with Gasteiger partial charge >= 0.3 is 0 Å². The molecular formula is C32H34N4. The largest absolute Gasteiger partial charge is 0.240 e. The minimum atomic E-state index is 0.139. The van der Waals surface area contributed by atoms with Gasteiger partial charge in [0, 0.05) is 23.5 Å². The van der Waals surface area contributed by atoms with Crippen molar-refractivity contribution in [3.63, 3.8) is 0 Å². The number of hydrogen-bond donors (Lipinski definition) is 0. The molecule has 2 heterocycles. The maximum Gasteiger partial charge on any atom is 0.0927 e. The summed E-state index contributed by atoms with van der Waals surface area (Å²) in [5.74, 6) is 0. The van der Waals surface area contributed by atoms with Crippen LogP contribution in [0.25, 0.3) is 33.9 Å². The second kappa shape index (κ2) is 8.94. The molecule has 0 saturated carbocycles. The van der Waals surface area contributed by atoms with Crippen molar-refractivity contribution in [2.24, 2.45) is 0 Å². The molecule has 0 N–H and O–H groups in total. The van der Waals surface area contributed by atoms with Gasteiger partial charge < -0.3 is 0 Å². The fourth-order valence-electron chi connectivity index (χ4n) is 4.30. The van der Waals surface area contributed by atoms with Crippen LogP contribution in [-0.2, 0) is 10.8 Å². The summed E-state index contributed by atoms with van der Waals surface area (Å²) < 4.78 is 3.85. The molecule has 2 aromatic heterocycles. The van der Waals surface area contributed by atoms with Crippen molar-refractivity contribution < 1.29 is 0 Å². The van der Waals surface area contributed by atoms with Gasteiger partial charge in [0.1, 0.15) is 0 Å². The monoisotopic (exact) mass is 474 g/mol. The lowest BCUT2D eigenvalue weighted by Crippen LogP contribution is -2.10. The van der Waals surface area contributed by atoms with Crippen LogP contribution >= 0.6 is 0 Å². The highest BCUT2D eigenvalue weighted by molar-refractivity contribution is 5.61. The Kier molecular flexibility index (Phi) is 5.91. The lowest BCUT2D eigenvalue weighted by Gasteiger charge is -2.18. The van der Waals surface area contributed by atoms with E-state index in [4.69, 9.17) is 10.2 Å². The fraction of sp³-hybridized carbons (Fsp3) is 0.250. The SMILES string of the molecule is CC(C)(C)c1ccc(-c2ccn(-c3cccc(-n4ccc(-c5ccc(C(C)(C)C)cc5)n4)c3)n2)cc1. The van der Waals surface area contributed by atoms with Gasteiger partial charge in [-0.25, -0.2) is 9.36 Å². The zero-order chi connectivity index (χ0) is 25.5. The Bertz CT molecular complexity index is 1360. The van der Waals surface area contributed by atoms with E-state index in [1.807, 2.05) is 27.8 Å². The molecule has 0 amide bonds. The summed E-state index contributed by atoms with van der Waals surface area (Å²) in [7, 11) is 0. The van der Waals surface area contributed by atoms with Gasteiger partial charge in [0.05, 0.1) is 22.8 Å². The van der Waals surface area contributed by atoms with Crippen molar-refractivity contribution >= 4 is 0 Å². The summed E-state index contributed by atoms with van der Waals surface area (Å²) >= 11 is 0. The molecule has 0 spiro atoms. The number of rotatable bonds is 4. The van der Waals surface area contributed by atoms with Crippen LogP contribution in [-0.4, -0.2) is 19.6 Å². The van der Waals surface area contributed by atoms with E-state index in [2.05, 4.69) is 120 Å². The Morgan fingerprint density at radius 1 is 0.500 bits per heavy atom. The van der Waals surface area contributed by atoms with Gasteiger partial charge in [0.2, 0.25) is 0 Å². The van der Waals surface area contributed by atoms with Gasteiger partial charge in [-0.3, -0.25) is 0 Å². The summed E-state index contributed by atoms with van der Waals surface area (Å²) in [6.45, 7) is 13.4. The predicted molar refractivity (Wildman–Crippen MR) is 149 cm³/mol. The highest BCUT2D eigenvalue weighted by Gasteiger charge is 2.15. The van der Waals surface area contributed by atoms with Crippen molar-refractivity contribution in [2.45, 2.75) is 52.4 Å². The Morgan fingerprint density at radius 2 is 0.889 bits per heavy atom. The molecule has 0 saturated heterocycles. The first-order valence-electron chi connectivity index (χ1n) is 12.5. The third-order valence-electron chi connectivity index (χ3n) is 6.63. The third kappa shape index (κ3) is 4.90. The van der Waals surface area contributed by atoms with Crippen LogP contribution in [0.2, 0.25) is 0 Å². The highest BCUT2D eigenvalue weighted by atomic mass is 15.3. The van der Waals surface area contributed by atoms with Crippen molar-refractivity contribution in [3.05, 3.63) is 108 Å². The number of aromatic nitrogens is 4. The van der Waals surface area contributed by atoms with Crippen LogP contribution in [0.4, 0.5) is 0 Å². The molecule has 0 aliphatic heterocycles. The molecular weight excluding hydrogens is 440 g/mol. The minimum absolute atomic E-state index is 0.139. The van der Waals surface area contributed by atoms with Gasteiger partial charge in [0.15, 0.2) is 0 Å². The molecule has 0 radical (unpaired) electrons. The van der Waals surface area contributed by atoms with Crippen molar-refractivity contribution in [3.8, 4) is 33.9 Å².